The van der Waals surface area contributed by atoms with Crippen molar-refractivity contribution in [2.75, 3.05) is 0 Å². The molecular weight excluding hydrogens is 258 g/mol. The highest BCUT2D eigenvalue weighted by atomic mass is 16.6. The van der Waals surface area contributed by atoms with Crippen LogP contribution >= 0.6 is 0 Å². The summed E-state index contributed by atoms with van der Waals surface area (Å²) in [5.74, 6) is 0.0929. The van der Waals surface area contributed by atoms with Crippen LogP contribution in [-0.4, -0.2) is 28.4 Å². The Morgan fingerprint density at radius 3 is 2.45 bits per heavy atom. The van der Waals surface area contributed by atoms with E-state index >= 15 is 0 Å². The van der Waals surface area contributed by atoms with Crippen molar-refractivity contribution in [3.8, 4) is 0 Å². The van der Waals surface area contributed by atoms with E-state index in [1.807, 2.05) is 12.1 Å². The number of hydrogen-bond donors (Lipinski definition) is 2. The minimum Gasteiger partial charge on any atom is -0.380 e. The molecule has 0 spiro atoms. The topological polar surface area (TPSA) is 111 Å². The Kier molecular flexibility index (Phi) is 2.90. The van der Waals surface area contributed by atoms with E-state index in [1.165, 1.54) is 11.1 Å². The fraction of sp³-hybridized carbons (Fsp3) is 0.308. The number of allylic oxidation sites excluding steroid dienone is 1. The van der Waals surface area contributed by atoms with E-state index in [-0.39, 0.29) is 17.6 Å². The second-order valence-electron chi connectivity index (χ2n) is 4.96. The van der Waals surface area contributed by atoms with Crippen LogP contribution in [0, 0.1) is 10.1 Å². The minimum absolute atomic E-state index is 0.00907. The molecule has 104 valence electrons. The lowest BCUT2D eigenvalue weighted by molar-refractivity contribution is -0.417. The van der Waals surface area contributed by atoms with Gasteiger partial charge in [-0.05, 0) is 24.0 Å². The van der Waals surface area contributed by atoms with Gasteiger partial charge in [0.15, 0.2) is 12.1 Å². The van der Waals surface area contributed by atoms with Crippen LogP contribution in [0.1, 0.15) is 11.1 Å². The second-order valence-corrected chi connectivity index (χ2v) is 4.96. The van der Waals surface area contributed by atoms with Gasteiger partial charge in [0.25, 0.3) is 0 Å². The van der Waals surface area contributed by atoms with Crippen LogP contribution in [0.15, 0.2) is 40.8 Å². The molecule has 4 N–H and O–H groups in total. The van der Waals surface area contributed by atoms with Crippen molar-refractivity contribution in [1.29, 1.82) is 0 Å². The Bertz CT molecular complexity index is 600. The lowest BCUT2D eigenvalue weighted by Gasteiger charge is -2.34. The SMILES string of the molecule is NC1=C([N+](=O)[O-])C=NC(N)N1C1Cc2ccccc2C1. The van der Waals surface area contributed by atoms with Gasteiger partial charge in [-0.1, -0.05) is 24.3 Å². The zero-order chi connectivity index (χ0) is 14.3. The molecule has 1 heterocycles. The van der Waals surface area contributed by atoms with E-state index in [2.05, 4.69) is 17.1 Å². The molecule has 20 heavy (non-hydrogen) atoms. The van der Waals surface area contributed by atoms with Gasteiger partial charge in [-0.3, -0.25) is 15.8 Å². The summed E-state index contributed by atoms with van der Waals surface area (Å²) >= 11 is 0. The maximum Gasteiger partial charge on any atom is 0.326 e. The number of benzene rings is 1. The Morgan fingerprint density at radius 2 is 1.90 bits per heavy atom. The smallest absolute Gasteiger partial charge is 0.326 e. The molecule has 7 nitrogen and oxygen atoms in total. The lowest BCUT2D eigenvalue weighted by atomic mass is 10.1. The Hall–Kier alpha value is -2.41. The van der Waals surface area contributed by atoms with E-state index in [0.717, 1.165) is 19.1 Å². The van der Waals surface area contributed by atoms with Crippen LogP contribution in [0.5, 0.6) is 0 Å². The van der Waals surface area contributed by atoms with Crippen LogP contribution in [0.3, 0.4) is 0 Å². The fourth-order valence-electron chi connectivity index (χ4n) is 2.85. The van der Waals surface area contributed by atoms with Gasteiger partial charge < -0.3 is 10.6 Å². The van der Waals surface area contributed by atoms with Crippen molar-refractivity contribution in [2.24, 2.45) is 16.5 Å². The summed E-state index contributed by atoms with van der Waals surface area (Å²) in [7, 11) is 0. The van der Waals surface area contributed by atoms with E-state index in [0.29, 0.717) is 0 Å². The molecule has 0 bridgehead atoms. The highest BCUT2D eigenvalue weighted by molar-refractivity contribution is 5.77. The molecule has 0 saturated carbocycles. The molecule has 0 aromatic heterocycles. The largest absolute Gasteiger partial charge is 0.380 e. The average Bonchev–Trinajstić information content (AvgIpc) is 2.81. The van der Waals surface area contributed by atoms with Gasteiger partial charge in [0.1, 0.15) is 6.21 Å². The summed E-state index contributed by atoms with van der Waals surface area (Å²) in [4.78, 5) is 16.1. The number of rotatable bonds is 2. The zero-order valence-corrected chi connectivity index (χ0v) is 10.8. The highest BCUT2D eigenvalue weighted by Crippen LogP contribution is 2.29. The van der Waals surface area contributed by atoms with Crippen molar-refractivity contribution < 1.29 is 4.92 Å². The molecule has 0 fully saturated rings. The lowest BCUT2D eigenvalue weighted by Crippen LogP contribution is -2.51. The van der Waals surface area contributed by atoms with Crippen molar-refractivity contribution in [3.05, 3.63) is 57.0 Å². The normalized spacial score (nSPS) is 22.2. The molecular formula is C13H15N5O2. The van der Waals surface area contributed by atoms with E-state index in [4.69, 9.17) is 11.5 Å². The van der Waals surface area contributed by atoms with Gasteiger partial charge in [0.2, 0.25) is 0 Å². The predicted octanol–water partition coefficient (Wildman–Crippen LogP) is 0.187. The van der Waals surface area contributed by atoms with Gasteiger partial charge >= 0.3 is 5.70 Å². The summed E-state index contributed by atoms with van der Waals surface area (Å²) in [6, 6.07) is 8.09. The molecule has 0 radical (unpaired) electrons. The highest BCUT2D eigenvalue weighted by Gasteiger charge is 2.36. The number of aliphatic imine (C=N–C) groups is 1. The van der Waals surface area contributed by atoms with Gasteiger partial charge in [-0.2, -0.15) is 0 Å². The molecule has 1 aliphatic carbocycles. The van der Waals surface area contributed by atoms with Crippen molar-refractivity contribution in [1.82, 2.24) is 4.90 Å². The first-order valence-electron chi connectivity index (χ1n) is 6.36. The second kappa shape index (κ2) is 4.61. The molecule has 2 aliphatic rings. The van der Waals surface area contributed by atoms with Crippen LogP contribution in [0.4, 0.5) is 0 Å². The van der Waals surface area contributed by atoms with E-state index < -0.39 is 11.2 Å². The molecule has 0 saturated heterocycles. The molecule has 1 aromatic rings. The first-order valence-corrected chi connectivity index (χ1v) is 6.36. The summed E-state index contributed by atoms with van der Waals surface area (Å²) < 4.78 is 0. The number of hydrogen-bond acceptors (Lipinski definition) is 6. The Morgan fingerprint density at radius 1 is 1.30 bits per heavy atom. The first-order chi connectivity index (χ1) is 9.58. The van der Waals surface area contributed by atoms with Crippen molar-refractivity contribution >= 4 is 6.21 Å². The quantitative estimate of drug-likeness (QED) is 0.590. The minimum atomic E-state index is -0.669. The number of nitrogens with zero attached hydrogens (tertiary/aromatic N) is 3. The molecule has 1 unspecified atom stereocenters. The van der Waals surface area contributed by atoms with Gasteiger partial charge in [-0.15, -0.1) is 0 Å². The van der Waals surface area contributed by atoms with E-state index in [1.54, 1.807) is 4.90 Å². The standard InChI is InChI=1S/C13H15N5O2/c14-12-11(18(19)20)7-16-13(15)17(12)10-5-8-3-1-2-4-9(8)6-10/h1-4,7,10,13H,5-6,14-15H2. The zero-order valence-electron chi connectivity index (χ0n) is 10.8. The third-order valence-corrected chi connectivity index (χ3v) is 3.79. The van der Waals surface area contributed by atoms with Crippen LogP contribution in [0.2, 0.25) is 0 Å². The van der Waals surface area contributed by atoms with Crippen LogP contribution in [-0.2, 0) is 12.8 Å². The Labute approximate surface area is 115 Å². The number of nitrogens with two attached hydrogens (primary N) is 2. The summed E-state index contributed by atoms with van der Waals surface area (Å²) in [6.45, 7) is 0. The monoisotopic (exact) mass is 273 g/mol. The van der Waals surface area contributed by atoms with Gasteiger partial charge in [-0.25, -0.2) is 4.99 Å². The molecule has 7 heteroatoms. The summed E-state index contributed by atoms with van der Waals surface area (Å²) in [6.07, 6.45) is 2.01. The molecule has 1 aliphatic heterocycles. The first kappa shape index (κ1) is 12.6. The third-order valence-electron chi connectivity index (χ3n) is 3.79. The third kappa shape index (κ3) is 1.92. The van der Waals surface area contributed by atoms with Crippen molar-refractivity contribution in [3.63, 3.8) is 0 Å². The molecule has 0 amide bonds. The fourth-order valence-corrected chi connectivity index (χ4v) is 2.85. The van der Waals surface area contributed by atoms with Crippen molar-refractivity contribution in [2.45, 2.75) is 25.2 Å². The average molecular weight is 273 g/mol. The van der Waals surface area contributed by atoms with Gasteiger partial charge in [0.05, 0.1) is 4.92 Å². The van der Waals surface area contributed by atoms with E-state index in [9.17, 15) is 10.1 Å². The van der Waals surface area contributed by atoms with Crippen LogP contribution in [0.25, 0.3) is 0 Å². The summed E-state index contributed by atoms with van der Waals surface area (Å²) in [5.41, 5.74) is 14.1. The van der Waals surface area contributed by atoms with Crippen LogP contribution < -0.4 is 11.5 Å². The molecule has 1 atom stereocenters. The number of nitro groups is 1. The van der Waals surface area contributed by atoms with Gasteiger partial charge in [0, 0.05) is 6.04 Å². The predicted molar refractivity (Wildman–Crippen MR) is 74.2 cm³/mol. The maximum absolute atomic E-state index is 11.0. The molecule has 3 rings (SSSR count). The molecule has 1 aromatic carbocycles. The maximum atomic E-state index is 11.0. The summed E-state index contributed by atoms with van der Waals surface area (Å²) in [5, 5.41) is 11.0. The Balaban J connectivity index is 1.91. The number of fused-ring (bicyclic) bond motifs is 1.